The second-order valence-corrected chi connectivity index (χ2v) is 10.8. The number of fused-ring (bicyclic) bond motifs is 5. The van der Waals surface area contributed by atoms with Gasteiger partial charge in [0.1, 0.15) is 10.7 Å². The van der Waals surface area contributed by atoms with E-state index < -0.39 is 0 Å². The molecule has 6 nitrogen and oxygen atoms in total. The van der Waals surface area contributed by atoms with Crippen molar-refractivity contribution in [3.8, 4) is 0 Å². The molecule has 1 aliphatic carbocycles. The number of nitrogens with one attached hydrogen (secondary N) is 1. The molecule has 5 rings (SSSR count). The lowest BCUT2D eigenvalue weighted by Crippen LogP contribution is -2.24. The number of thioether (sulfide) groups is 1. The van der Waals surface area contributed by atoms with Crippen LogP contribution in [0.1, 0.15) is 41.4 Å². The summed E-state index contributed by atoms with van der Waals surface area (Å²) >= 11 is 4.89. The van der Waals surface area contributed by atoms with Crippen molar-refractivity contribution in [2.75, 3.05) is 5.75 Å². The number of hydrogen-bond acceptors (Lipinski definition) is 7. The first-order valence-corrected chi connectivity index (χ1v) is 12.9. The molecule has 1 atom stereocenters. The number of carbonyl (C=O) groups is 1. The van der Waals surface area contributed by atoms with Gasteiger partial charge in [0, 0.05) is 16.2 Å². The van der Waals surface area contributed by atoms with Gasteiger partial charge in [0.2, 0.25) is 5.91 Å². The van der Waals surface area contributed by atoms with Crippen molar-refractivity contribution in [2.24, 2.45) is 5.92 Å². The number of amides is 1. The van der Waals surface area contributed by atoms with Crippen molar-refractivity contribution in [1.82, 2.24) is 24.9 Å². The Kier molecular flexibility index (Phi) is 5.51. The lowest BCUT2D eigenvalue weighted by atomic mass is 9.89. The molecule has 4 aromatic rings. The number of hydrogen-bond donors (Lipinski definition) is 1. The Hall–Kier alpha value is -1.97. The normalized spacial score (nSPS) is 16.3. The van der Waals surface area contributed by atoms with Crippen LogP contribution in [-0.4, -0.2) is 31.2 Å². The highest BCUT2D eigenvalue weighted by molar-refractivity contribution is 7.99. The molecule has 1 N–H and O–H groups in total. The third-order valence-electron chi connectivity index (χ3n) is 5.53. The van der Waals surface area contributed by atoms with Crippen molar-refractivity contribution >= 4 is 56.2 Å². The smallest absolute Gasteiger partial charge is 0.230 e. The Bertz CT molecular complexity index is 1210. The van der Waals surface area contributed by atoms with Crippen LogP contribution in [-0.2, 0) is 30.6 Å². The first-order chi connectivity index (χ1) is 14.6. The average molecular weight is 458 g/mol. The van der Waals surface area contributed by atoms with Crippen LogP contribution in [0.5, 0.6) is 0 Å². The highest BCUT2D eigenvalue weighted by atomic mass is 32.2. The fourth-order valence-corrected chi connectivity index (χ4v) is 6.81. The van der Waals surface area contributed by atoms with Crippen molar-refractivity contribution in [3.63, 3.8) is 0 Å². The Morgan fingerprint density at radius 3 is 3.10 bits per heavy atom. The standard InChI is InChI=1S/C21H23N5OS3/c1-3-16-23-20-18(14-7-6-12(2)9-15(14)30-20)19-24-25-21(26(16)19)29-11-17(27)22-10-13-5-4-8-28-13/h4-5,8,12H,3,6-7,9-11H2,1-2H3,(H,22,27). The number of aromatic nitrogens is 4. The summed E-state index contributed by atoms with van der Waals surface area (Å²) in [7, 11) is 0. The zero-order valence-electron chi connectivity index (χ0n) is 17.0. The van der Waals surface area contributed by atoms with Gasteiger partial charge < -0.3 is 5.32 Å². The number of rotatable bonds is 6. The van der Waals surface area contributed by atoms with Gasteiger partial charge in [0.25, 0.3) is 0 Å². The summed E-state index contributed by atoms with van der Waals surface area (Å²) in [6.07, 6.45) is 4.21. The molecule has 0 saturated heterocycles. The zero-order chi connectivity index (χ0) is 20.7. The summed E-state index contributed by atoms with van der Waals surface area (Å²) in [5.41, 5.74) is 2.30. The van der Waals surface area contributed by atoms with Crippen molar-refractivity contribution in [1.29, 1.82) is 0 Å². The maximum Gasteiger partial charge on any atom is 0.230 e. The van der Waals surface area contributed by atoms with E-state index in [9.17, 15) is 4.79 Å². The van der Waals surface area contributed by atoms with Gasteiger partial charge in [-0.05, 0) is 42.2 Å². The topological polar surface area (TPSA) is 72.2 Å². The van der Waals surface area contributed by atoms with E-state index in [1.54, 1.807) is 11.3 Å². The molecule has 0 saturated carbocycles. The van der Waals surface area contributed by atoms with Gasteiger partial charge in [0.15, 0.2) is 10.8 Å². The predicted molar refractivity (Wildman–Crippen MR) is 124 cm³/mol. The van der Waals surface area contributed by atoms with E-state index >= 15 is 0 Å². The lowest BCUT2D eigenvalue weighted by molar-refractivity contribution is -0.118. The first-order valence-electron chi connectivity index (χ1n) is 10.2. The van der Waals surface area contributed by atoms with Crippen LogP contribution in [0.25, 0.3) is 15.9 Å². The van der Waals surface area contributed by atoms with Crippen molar-refractivity contribution < 1.29 is 4.79 Å². The fourth-order valence-electron chi connectivity index (χ4n) is 3.99. The Balaban J connectivity index is 1.43. The molecule has 0 aromatic carbocycles. The van der Waals surface area contributed by atoms with Crippen LogP contribution >= 0.6 is 34.4 Å². The largest absolute Gasteiger partial charge is 0.350 e. The molecule has 4 aromatic heterocycles. The van der Waals surface area contributed by atoms with Crippen LogP contribution in [0, 0.1) is 5.92 Å². The van der Waals surface area contributed by atoms with Gasteiger partial charge in [-0.1, -0.05) is 31.7 Å². The number of thiophene rings is 2. The third kappa shape index (κ3) is 3.63. The van der Waals surface area contributed by atoms with Crippen molar-refractivity contribution in [2.45, 2.75) is 51.2 Å². The van der Waals surface area contributed by atoms with E-state index in [0.717, 1.165) is 51.5 Å². The summed E-state index contributed by atoms with van der Waals surface area (Å²) in [5.74, 6) is 1.99. The van der Waals surface area contributed by atoms with E-state index in [0.29, 0.717) is 12.3 Å². The van der Waals surface area contributed by atoms with Crippen LogP contribution in [0.2, 0.25) is 0 Å². The van der Waals surface area contributed by atoms with Crippen LogP contribution in [0.3, 0.4) is 0 Å². The molecule has 30 heavy (non-hydrogen) atoms. The summed E-state index contributed by atoms with van der Waals surface area (Å²) in [6.45, 7) is 4.99. The highest BCUT2D eigenvalue weighted by Crippen LogP contribution is 2.39. The zero-order valence-corrected chi connectivity index (χ0v) is 19.4. The molecule has 4 heterocycles. The molecular weight excluding hydrogens is 434 g/mol. The van der Waals surface area contributed by atoms with Gasteiger partial charge in [-0.2, -0.15) is 0 Å². The predicted octanol–water partition coefficient (Wildman–Crippen LogP) is 4.50. The van der Waals surface area contributed by atoms with Crippen molar-refractivity contribution in [3.05, 3.63) is 38.7 Å². The Labute approximate surface area is 187 Å². The van der Waals surface area contributed by atoms with Crippen LogP contribution in [0.4, 0.5) is 0 Å². The van der Waals surface area contributed by atoms with Gasteiger partial charge >= 0.3 is 0 Å². The number of aryl methyl sites for hydroxylation is 2. The minimum absolute atomic E-state index is 0.000800. The molecule has 9 heteroatoms. The lowest BCUT2D eigenvalue weighted by Gasteiger charge is -2.17. The minimum atomic E-state index is -0.000800. The maximum atomic E-state index is 12.3. The number of nitrogens with zero attached hydrogens (tertiary/aromatic N) is 4. The molecule has 0 spiro atoms. The van der Waals surface area contributed by atoms with Gasteiger partial charge in [-0.25, -0.2) is 4.98 Å². The molecule has 1 unspecified atom stereocenters. The molecule has 1 amide bonds. The minimum Gasteiger partial charge on any atom is -0.350 e. The monoisotopic (exact) mass is 457 g/mol. The van der Waals surface area contributed by atoms with Gasteiger partial charge in [-0.15, -0.1) is 32.9 Å². The molecule has 1 aliphatic rings. The maximum absolute atomic E-state index is 12.3. The molecule has 0 radical (unpaired) electrons. The summed E-state index contributed by atoms with van der Waals surface area (Å²) in [4.78, 5) is 21.0. The summed E-state index contributed by atoms with van der Waals surface area (Å²) in [5, 5.41) is 15.9. The third-order valence-corrected chi connectivity index (χ3v) is 8.48. The molecule has 0 fully saturated rings. The second-order valence-electron chi connectivity index (χ2n) is 7.70. The highest BCUT2D eigenvalue weighted by Gasteiger charge is 2.25. The van der Waals surface area contributed by atoms with Gasteiger partial charge in [-0.3, -0.25) is 9.20 Å². The molecule has 156 valence electrons. The van der Waals surface area contributed by atoms with E-state index in [1.165, 1.54) is 34.0 Å². The quantitative estimate of drug-likeness (QED) is 0.432. The Morgan fingerprint density at radius 2 is 2.30 bits per heavy atom. The summed E-state index contributed by atoms with van der Waals surface area (Å²) in [6, 6.07) is 4.02. The van der Waals surface area contributed by atoms with E-state index in [1.807, 2.05) is 28.8 Å². The second kappa shape index (κ2) is 8.28. The molecule has 0 bridgehead atoms. The molecule has 0 aliphatic heterocycles. The SMILES string of the molecule is CCc1nc2sc3c(c2c2nnc(SCC(=O)NCc4cccs4)n12)CCC(C)C3. The Morgan fingerprint density at radius 1 is 1.40 bits per heavy atom. The van der Waals surface area contributed by atoms with E-state index in [2.05, 4.69) is 33.8 Å². The van der Waals surface area contributed by atoms with Gasteiger partial charge in [0.05, 0.1) is 17.7 Å². The number of carbonyl (C=O) groups excluding carboxylic acids is 1. The molecular formula is C21H23N5OS3. The van der Waals surface area contributed by atoms with Crippen LogP contribution < -0.4 is 5.32 Å². The van der Waals surface area contributed by atoms with Crippen LogP contribution in [0.15, 0.2) is 22.7 Å². The van der Waals surface area contributed by atoms with E-state index in [-0.39, 0.29) is 5.91 Å². The first kappa shape index (κ1) is 20.0. The van der Waals surface area contributed by atoms with E-state index in [4.69, 9.17) is 4.98 Å². The average Bonchev–Trinajstić information content (AvgIpc) is 3.47. The summed E-state index contributed by atoms with van der Waals surface area (Å²) < 4.78 is 2.06. The fraction of sp³-hybridized carbons (Fsp3) is 0.429.